The minimum absolute atomic E-state index is 0.0190. The van der Waals surface area contributed by atoms with E-state index in [1.807, 2.05) is 11.1 Å². The van der Waals surface area contributed by atoms with E-state index in [9.17, 15) is 14.7 Å². The number of nitrogens with one attached hydrogen (secondary N) is 1. The van der Waals surface area contributed by atoms with Gasteiger partial charge in [-0.25, -0.2) is 4.79 Å². The Morgan fingerprint density at radius 3 is 2.42 bits per heavy atom. The number of hydroxylamine groups is 1. The maximum Gasteiger partial charge on any atom is 0.329 e. The molecule has 3 saturated heterocycles. The first-order valence-electron chi connectivity index (χ1n) is 13.7. The molecule has 3 fully saturated rings. The molecule has 3 aliphatic rings. The Morgan fingerprint density at radius 1 is 1.08 bits per heavy atom. The Balaban J connectivity index is 1.28. The number of nitrogens with zero attached hydrogens (tertiary/aromatic N) is 4. The van der Waals surface area contributed by atoms with Crippen molar-refractivity contribution in [1.82, 2.24) is 20.3 Å². The molecule has 210 valence electrons. The van der Waals surface area contributed by atoms with E-state index in [0.717, 1.165) is 50.3 Å². The standard InChI is InChI=1S/C27H41N5O6/c1-2-9-30-12-14-32(15-13-30)28-18-21-3-5-22(6-4-21)24-16-23(38-29-24)17-27(37-20-26(35)36)7-10-31(11-8-27)19-25(33)34/h3-6,18,23-24,29H,2,7-17,19-20H2,1H3,(H,33,34)(H,35,36). The molecule has 3 N–H and O–H groups in total. The zero-order valence-corrected chi connectivity index (χ0v) is 22.3. The number of hydrogen-bond acceptors (Lipinski definition) is 9. The summed E-state index contributed by atoms with van der Waals surface area (Å²) in [5.74, 6) is -1.87. The maximum atomic E-state index is 11.2. The third kappa shape index (κ3) is 8.21. The molecule has 11 nitrogen and oxygen atoms in total. The molecule has 0 saturated carbocycles. The maximum absolute atomic E-state index is 11.2. The normalized spacial score (nSPS) is 24.7. The van der Waals surface area contributed by atoms with Gasteiger partial charge in [-0.2, -0.15) is 10.6 Å². The minimum atomic E-state index is -1.01. The summed E-state index contributed by atoms with van der Waals surface area (Å²) >= 11 is 0. The second-order valence-electron chi connectivity index (χ2n) is 10.6. The third-order valence-electron chi connectivity index (χ3n) is 7.70. The molecular formula is C27H41N5O6. The summed E-state index contributed by atoms with van der Waals surface area (Å²) in [7, 11) is 0. The lowest BCUT2D eigenvalue weighted by Crippen LogP contribution is -2.49. The topological polar surface area (TPSA) is 127 Å². The molecule has 0 bridgehead atoms. The van der Waals surface area contributed by atoms with E-state index in [1.165, 1.54) is 6.42 Å². The van der Waals surface area contributed by atoms with Crippen LogP contribution >= 0.6 is 0 Å². The highest BCUT2D eigenvalue weighted by Crippen LogP contribution is 2.36. The molecule has 2 atom stereocenters. The summed E-state index contributed by atoms with van der Waals surface area (Å²) in [6.07, 6.45) is 5.41. The highest BCUT2D eigenvalue weighted by Gasteiger charge is 2.41. The van der Waals surface area contributed by atoms with Crippen molar-refractivity contribution in [1.29, 1.82) is 0 Å². The number of aliphatic carboxylic acids is 2. The molecular weight excluding hydrogens is 490 g/mol. The number of likely N-dealkylation sites (tertiary alicyclic amines) is 1. The number of piperidine rings is 1. The van der Waals surface area contributed by atoms with Gasteiger partial charge in [0.25, 0.3) is 0 Å². The molecule has 3 heterocycles. The molecule has 1 aromatic rings. The van der Waals surface area contributed by atoms with Crippen LogP contribution in [-0.2, 0) is 19.2 Å². The quantitative estimate of drug-likeness (QED) is 0.344. The van der Waals surface area contributed by atoms with Gasteiger partial charge in [-0.05, 0) is 43.4 Å². The van der Waals surface area contributed by atoms with Crippen LogP contribution in [0.5, 0.6) is 0 Å². The van der Waals surface area contributed by atoms with Crippen molar-refractivity contribution in [2.24, 2.45) is 5.10 Å². The van der Waals surface area contributed by atoms with Crippen molar-refractivity contribution in [2.75, 3.05) is 59.0 Å². The van der Waals surface area contributed by atoms with Crippen LogP contribution in [0.15, 0.2) is 29.4 Å². The van der Waals surface area contributed by atoms with Crippen LogP contribution in [0.1, 0.15) is 56.2 Å². The lowest BCUT2D eigenvalue weighted by Gasteiger charge is -2.42. The molecule has 38 heavy (non-hydrogen) atoms. The fourth-order valence-electron chi connectivity index (χ4n) is 5.57. The number of hydrogen-bond donors (Lipinski definition) is 3. The van der Waals surface area contributed by atoms with Crippen LogP contribution in [0.3, 0.4) is 0 Å². The van der Waals surface area contributed by atoms with Crippen LogP contribution in [0.2, 0.25) is 0 Å². The second kappa shape index (κ2) is 13.5. The predicted molar refractivity (Wildman–Crippen MR) is 142 cm³/mol. The minimum Gasteiger partial charge on any atom is -0.480 e. The number of ether oxygens (including phenoxy) is 1. The van der Waals surface area contributed by atoms with Crippen LogP contribution < -0.4 is 5.48 Å². The average molecular weight is 532 g/mol. The SMILES string of the molecule is CCCN1CCN(N=Cc2ccc(C3CC(CC4(OCC(=O)O)CCN(CC(=O)O)CC4)ON3)cc2)CC1. The van der Waals surface area contributed by atoms with Crippen molar-refractivity contribution in [3.8, 4) is 0 Å². The Kier molecular flexibility index (Phi) is 10.1. The first-order chi connectivity index (χ1) is 18.3. The van der Waals surface area contributed by atoms with E-state index in [-0.39, 0.29) is 25.3 Å². The summed E-state index contributed by atoms with van der Waals surface area (Å²) in [4.78, 5) is 32.5. The number of rotatable bonds is 12. The van der Waals surface area contributed by atoms with Crippen molar-refractivity contribution in [3.63, 3.8) is 0 Å². The van der Waals surface area contributed by atoms with Crippen molar-refractivity contribution in [2.45, 2.75) is 56.8 Å². The summed E-state index contributed by atoms with van der Waals surface area (Å²) in [6.45, 7) is 8.09. The Morgan fingerprint density at radius 2 is 1.79 bits per heavy atom. The van der Waals surface area contributed by atoms with E-state index in [4.69, 9.17) is 14.7 Å². The molecule has 0 amide bonds. The van der Waals surface area contributed by atoms with E-state index in [0.29, 0.717) is 32.4 Å². The average Bonchev–Trinajstić information content (AvgIpc) is 3.37. The number of hydrazone groups is 1. The van der Waals surface area contributed by atoms with Gasteiger partial charge in [0, 0.05) is 45.7 Å². The summed E-state index contributed by atoms with van der Waals surface area (Å²) in [5, 5.41) is 25.0. The van der Waals surface area contributed by atoms with E-state index < -0.39 is 17.5 Å². The first kappa shape index (κ1) is 28.4. The van der Waals surface area contributed by atoms with Gasteiger partial charge in [0.1, 0.15) is 6.61 Å². The van der Waals surface area contributed by atoms with Gasteiger partial charge in [0.15, 0.2) is 0 Å². The molecule has 0 aromatic heterocycles. The van der Waals surface area contributed by atoms with Gasteiger partial charge >= 0.3 is 11.9 Å². The largest absolute Gasteiger partial charge is 0.480 e. The van der Waals surface area contributed by atoms with Crippen LogP contribution in [0, 0.1) is 0 Å². The second-order valence-corrected chi connectivity index (χ2v) is 10.6. The van der Waals surface area contributed by atoms with Gasteiger partial charge in [0.2, 0.25) is 0 Å². The zero-order valence-electron chi connectivity index (χ0n) is 22.3. The number of carbonyl (C=O) groups is 2. The van der Waals surface area contributed by atoms with Gasteiger partial charge in [-0.1, -0.05) is 31.2 Å². The van der Waals surface area contributed by atoms with E-state index >= 15 is 0 Å². The van der Waals surface area contributed by atoms with Crippen LogP contribution in [-0.4, -0.2) is 114 Å². The monoisotopic (exact) mass is 531 g/mol. The lowest BCUT2D eigenvalue weighted by molar-refractivity contribution is -0.159. The molecule has 0 radical (unpaired) electrons. The van der Waals surface area contributed by atoms with Gasteiger partial charge in [-0.3, -0.25) is 24.4 Å². The molecule has 3 aliphatic heterocycles. The van der Waals surface area contributed by atoms with E-state index in [1.54, 1.807) is 0 Å². The van der Waals surface area contributed by atoms with Crippen molar-refractivity contribution < 1.29 is 29.4 Å². The number of piperazine rings is 1. The lowest BCUT2D eigenvalue weighted by atomic mass is 9.84. The molecule has 0 spiro atoms. The summed E-state index contributed by atoms with van der Waals surface area (Å²) < 4.78 is 5.90. The molecule has 1 aromatic carbocycles. The van der Waals surface area contributed by atoms with Gasteiger partial charge in [-0.15, -0.1) is 0 Å². The fraction of sp³-hybridized carbons (Fsp3) is 0.667. The molecule has 11 heteroatoms. The van der Waals surface area contributed by atoms with Crippen molar-refractivity contribution >= 4 is 18.2 Å². The fourth-order valence-corrected chi connectivity index (χ4v) is 5.57. The summed E-state index contributed by atoms with van der Waals surface area (Å²) in [6, 6.07) is 8.34. The number of carboxylic acids is 2. The number of benzene rings is 1. The highest BCUT2D eigenvalue weighted by atomic mass is 16.7. The summed E-state index contributed by atoms with van der Waals surface area (Å²) in [5.41, 5.74) is 4.67. The van der Waals surface area contributed by atoms with Crippen LogP contribution in [0.25, 0.3) is 0 Å². The molecule has 0 aliphatic carbocycles. The smallest absolute Gasteiger partial charge is 0.329 e. The predicted octanol–water partition coefficient (Wildman–Crippen LogP) is 1.79. The zero-order chi connectivity index (χ0) is 27.0. The highest BCUT2D eigenvalue weighted by molar-refractivity contribution is 5.79. The van der Waals surface area contributed by atoms with Crippen LogP contribution in [0.4, 0.5) is 0 Å². The molecule has 4 rings (SSSR count). The van der Waals surface area contributed by atoms with Crippen molar-refractivity contribution in [3.05, 3.63) is 35.4 Å². The third-order valence-corrected chi connectivity index (χ3v) is 7.70. The Bertz CT molecular complexity index is 942. The van der Waals surface area contributed by atoms with E-state index in [2.05, 4.69) is 51.7 Å². The number of carboxylic acid groups (broad SMARTS) is 2. The van der Waals surface area contributed by atoms with Gasteiger partial charge < -0.3 is 14.9 Å². The first-order valence-corrected chi connectivity index (χ1v) is 13.7. The Hall–Kier alpha value is -2.57. The molecule has 2 unspecified atom stereocenters. The Labute approximate surface area is 224 Å². The van der Waals surface area contributed by atoms with Gasteiger partial charge in [0.05, 0.1) is 30.5 Å².